The molecule has 1 saturated heterocycles. The SMILES string of the molecule is COc1ccc(CCNC(=O)C2CCN(S(=O)(=O)c3cc(C(N)=O)n(C)c3)CC2)cc1. The number of aromatic nitrogens is 1. The molecule has 3 N–H and O–H groups in total. The first-order chi connectivity index (χ1) is 14.7. The molecular weight excluding hydrogens is 420 g/mol. The minimum Gasteiger partial charge on any atom is -0.497 e. The molecule has 9 nitrogen and oxygen atoms in total. The maximum Gasteiger partial charge on any atom is 0.265 e. The maximum absolute atomic E-state index is 12.9. The molecule has 0 saturated carbocycles. The Balaban J connectivity index is 1.50. The molecule has 168 valence electrons. The molecule has 31 heavy (non-hydrogen) atoms. The molecule has 2 aromatic rings. The second kappa shape index (κ2) is 9.52. The predicted molar refractivity (Wildman–Crippen MR) is 115 cm³/mol. The molecule has 2 heterocycles. The Bertz CT molecular complexity index is 1040. The Hall–Kier alpha value is -2.85. The first-order valence-electron chi connectivity index (χ1n) is 10.1. The van der Waals surface area contributed by atoms with Crippen LogP contribution in [-0.2, 0) is 28.3 Å². The van der Waals surface area contributed by atoms with E-state index >= 15 is 0 Å². The van der Waals surface area contributed by atoms with Crippen molar-refractivity contribution in [3.8, 4) is 5.75 Å². The van der Waals surface area contributed by atoms with E-state index < -0.39 is 15.9 Å². The second-order valence-corrected chi connectivity index (χ2v) is 9.54. The topological polar surface area (TPSA) is 124 Å². The monoisotopic (exact) mass is 448 g/mol. The molecule has 3 rings (SSSR count). The molecule has 1 aliphatic heterocycles. The van der Waals surface area contributed by atoms with E-state index in [0.29, 0.717) is 25.8 Å². The van der Waals surface area contributed by atoms with E-state index in [1.807, 2.05) is 24.3 Å². The lowest BCUT2D eigenvalue weighted by Crippen LogP contribution is -2.43. The van der Waals surface area contributed by atoms with Crippen LogP contribution in [0.1, 0.15) is 28.9 Å². The van der Waals surface area contributed by atoms with E-state index in [9.17, 15) is 18.0 Å². The highest BCUT2D eigenvalue weighted by Gasteiger charge is 2.33. The molecule has 1 aliphatic rings. The minimum absolute atomic E-state index is 0.0335. The molecular formula is C21H28N4O5S. The summed E-state index contributed by atoms with van der Waals surface area (Å²) in [4.78, 5) is 23.9. The lowest BCUT2D eigenvalue weighted by atomic mass is 9.97. The van der Waals surface area contributed by atoms with E-state index in [0.717, 1.165) is 11.3 Å². The van der Waals surface area contributed by atoms with Crippen molar-refractivity contribution in [2.45, 2.75) is 24.2 Å². The Kier molecular flexibility index (Phi) is 7.01. The molecule has 2 amide bonds. The quantitative estimate of drug-likeness (QED) is 0.621. The largest absolute Gasteiger partial charge is 0.497 e. The van der Waals surface area contributed by atoms with Gasteiger partial charge in [0.05, 0.1) is 7.11 Å². The normalized spacial score (nSPS) is 15.5. The number of nitrogens with two attached hydrogens (primary N) is 1. The summed E-state index contributed by atoms with van der Waals surface area (Å²) >= 11 is 0. The van der Waals surface area contributed by atoms with Gasteiger partial charge in [-0.3, -0.25) is 9.59 Å². The number of aryl methyl sites for hydroxylation is 1. The van der Waals surface area contributed by atoms with Gasteiger partial charge in [-0.1, -0.05) is 12.1 Å². The van der Waals surface area contributed by atoms with Gasteiger partial charge in [-0.2, -0.15) is 4.31 Å². The summed E-state index contributed by atoms with van der Waals surface area (Å²) in [6, 6.07) is 8.97. The van der Waals surface area contributed by atoms with Crippen molar-refractivity contribution in [3.05, 3.63) is 47.8 Å². The lowest BCUT2D eigenvalue weighted by Gasteiger charge is -2.30. The number of carbonyl (C=O) groups is 2. The summed E-state index contributed by atoms with van der Waals surface area (Å²) in [5.74, 6) is -0.176. The fourth-order valence-corrected chi connectivity index (χ4v) is 5.24. The fourth-order valence-electron chi connectivity index (χ4n) is 3.69. The Morgan fingerprint density at radius 1 is 1.19 bits per heavy atom. The van der Waals surface area contributed by atoms with Crippen molar-refractivity contribution in [3.63, 3.8) is 0 Å². The zero-order valence-electron chi connectivity index (χ0n) is 17.7. The predicted octanol–water partition coefficient (Wildman–Crippen LogP) is 0.892. The average molecular weight is 449 g/mol. The number of hydrogen-bond acceptors (Lipinski definition) is 5. The number of rotatable bonds is 8. The zero-order valence-corrected chi connectivity index (χ0v) is 18.5. The van der Waals surface area contributed by atoms with Gasteiger partial charge >= 0.3 is 0 Å². The van der Waals surface area contributed by atoms with Crippen molar-refractivity contribution >= 4 is 21.8 Å². The Morgan fingerprint density at radius 2 is 1.84 bits per heavy atom. The van der Waals surface area contributed by atoms with Crippen LogP contribution in [0, 0.1) is 5.92 Å². The van der Waals surface area contributed by atoms with Crippen molar-refractivity contribution in [2.75, 3.05) is 26.7 Å². The van der Waals surface area contributed by atoms with Crippen LogP contribution in [0.3, 0.4) is 0 Å². The highest BCUT2D eigenvalue weighted by molar-refractivity contribution is 7.89. The summed E-state index contributed by atoms with van der Waals surface area (Å²) in [7, 11) is -0.556. The first kappa shape index (κ1) is 22.8. The van der Waals surface area contributed by atoms with Crippen molar-refractivity contribution in [1.82, 2.24) is 14.2 Å². The van der Waals surface area contributed by atoms with Crippen LogP contribution >= 0.6 is 0 Å². The zero-order chi connectivity index (χ0) is 22.6. The van der Waals surface area contributed by atoms with Gasteiger partial charge in [0.15, 0.2) is 0 Å². The molecule has 10 heteroatoms. The number of piperidine rings is 1. The highest BCUT2D eigenvalue weighted by atomic mass is 32.2. The number of carbonyl (C=O) groups excluding carboxylic acids is 2. The van der Waals surface area contributed by atoms with Gasteiger partial charge in [-0.15, -0.1) is 0 Å². The van der Waals surface area contributed by atoms with Crippen LogP contribution in [-0.4, -0.2) is 55.8 Å². The number of ether oxygens (including phenoxy) is 1. The van der Waals surface area contributed by atoms with Gasteiger partial charge in [-0.05, 0) is 43.0 Å². The third kappa shape index (κ3) is 5.26. The van der Waals surface area contributed by atoms with Crippen molar-refractivity contribution in [1.29, 1.82) is 0 Å². The molecule has 1 fully saturated rings. The van der Waals surface area contributed by atoms with E-state index in [2.05, 4.69) is 5.32 Å². The minimum atomic E-state index is -3.74. The maximum atomic E-state index is 12.9. The van der Waals surface area contributed by atoms with E-state index in [1.54, 1.807) is 14.2 Å². The number of amides is 2. The Morgan fingerprint density at radius 3 is 2.39 bits per heavy atom. The number of nitrogens with zero attached hydrogens (tertiary/aromatic N) is 2. The van der Waals surface area contributed by atoms with Crippen LogP contribution in [0.5, 0.6) is 5.75 Å². The number of hydrogen-bond donors (Lipinski definition) is 2. The third-order valence-corrected chi connectivity index (χ3v) is 7.43. The standard InChI is InChI=1S/C21H28N4O5S/c1-24-14-18(13-19(24)20(22)26)31(28,29)25-11-8-16(9-12-25)21(27)23-10-7-15-3-5-17(30-2)6-4-15/h3-6,13-14,16H,7-12H2,1-2H3,(H2,22,26)(H,23,27). The summed E-state index contributed by atoms with van der Waals surface area (Å²) in [6.07, 6.45) is 2.98. The van der Waals surface area contributed by atoms with E-state index in [-0.39, 0.29) is 35.5 Å². The summed E-state index contributed by atoms with van der Waals surface area (Å²) < 4.78 is 33.6. The molecule has 0 bridgehead atoms. The average Bonchev–Trinajstić information content (AvgIpc) is 3.17. The summed E-state index contributed by atoms with van der Waals surface area (Å²) in [6.45, 7) is 1.02. The second-order valence-electron chi connectivity index (χ2n) is 7.60. The molecule has 0 radical (unpaired) electrons. The van der Waals surface area contributed by atoms with E-state index in [1.165, 1.54) is 21.1 Å². The third-order valence-electron chi connectivity index (χ3n) is 5.57. The first-order valence-corrected chi connectivity index (χ1v) is 11.5. The van der Waals surface area contributed by atoms with Crippen LogP contribution in [0.2, 0.25) is 0 Å². The van der Waals surface area contributed by atoms with Crippen molar-refractivity contribution < 1.29 is 22.7 Å². The molecule has 1 aromatic heterocycles. The molecule has 0 aliphatic carbocycles. The van der Waals surface area contributed by atoms with Crippen LogP contribution in [0.25, 0.3) is 0 Å². The molecule has 0 atom stereocenters. The fraction of sp³-hybridized carbons (Fsp3) is 0.429. The lowest BCUT2D eigenvalue weighted by molar-refractivity contribution is -0.126. The van der Waals surface area contributed by atoms with Gasteiger partial charge in [0.1, 0.15) is 16.3 Å². The van der Waals surface area contributed by atoms with Crippen LogP contribution in [0.4, 0.5) is 0 Å². The number of nitrogens with one attached hydrogen (secondary N) is 1. The highest BCUT2D eigenvalue weighted by Crippen LogP contribution is 2.25. The number of benzene rings is 1. The number of methoxy groups -OCH3 is 1. The number of sulfonamides is 1. The summed E-state index contributed by atoms with van der Waals surface area (Å²) in [5, 5.41) is 2.95. The van der Waals surface area contributed by atoms with Crippen molar-refractivity contribution in [2.24, 2.45) is 18.7 Å². The smallest absolute Gasteiger partial charge is 0.265 e. The van der Waals surface area contributed by atoms with E-state index in [4.69, 9.17) is 10.5 Å². The van der Waals surface area contributed by atoms with Gasteiger partial charge in [0, 0.05) is 38.8 Å². The van der Waals surface area contributed by atoms with Gasteiger partial charge in [0.25, 0.3) is 5.91 Å². The van der Waals surface area contributed by atoms with Gasteiger partial charge in [-0.25, -0.2) is 8.42 Å². The van der Waals surface area contributed by atoms with Crippen LogP contribution < -0.4 is 15.8 Å². The number of primary amides is 1. The van der Waals surface area contributed by atoms with Crippen LogP contribution in [0.15, 0.2) is 41.4 Å². The Labute approximate surface area is 182 Å². The molecule has 0 spiro atoms. The van der Waals surface area contributed by atoms with Gasteiger partial charge in [0.2, 0.25) is 15.9 Å². The molecule has 1 aromatic carbocycles. The summed E-state index contributed by atoms with van der Waals surface area (Å²) in [5.41, 5.74) is 6.50. The van der Waals surface area contributed by atoms with Gasteiger partial charge < -0.3 is 20.4 Å². The molecule has 0 unspecified atom stereocenters.